The molecule has 0 aliphatic heterocycles. The molecule has 7 nitrogen and oxygen atoms in total. The molecule has 0 saturated carbocycles. The number of amides is 2. The van der Waals surface area contributed by atoms with Crippen molar-refractivity contribution >= 4 is 41.8 Å². The highest BCUT2D eigenvalue weighted by atomic mass is 127. The molecule has 1 aromatic rings. The maximum absolute atomic E-state index is 12.3. The number of carbonyl (C=O) groups is 2. The molecule has 8 heteroatoms. The van der Waals surface area contributed by atoms with Crippen molar-refractivity contribution in [1.82, 2.24) is 21.3 Å². The highest BCUT2D eigenvalue weighted by Crippen LogP contribution is 2.08. The standard InChI is InChI=1S/C20H33N5O2.HI/c1-19(2,3)24-16(26)13-23-18(21-7)22-12-14-9-8-10-15(11-14)17(27)25-20(4,5)6;/h8-11H,12-13H2,1-7H3,(H,24,26)(H,25,27)(H2,21,22,23);1H. The number of halogens is 1. The van der Waals surface area contributed by atoms with Crippen LogP contribution < -0.4 is 21.3 Å². The summed E-state index contributed by atoms with van der Waals surface area (Å²) in [7, 11) is 1.64. The molecule has 0 fully saturated rings. The van der Waals surface area contributed by atoms with Crippen molar-refractivity contribution in [3.8, 4) is 0 Å². The number of aliphatic imine (C=N–C) groups is 1. The Hall–Kier alpha value is -1.84. The third-order valence-corrected chi connectivity index (χ3v) is 3.29. The molecule has 158 valence electrons. The first-order chi connectivity index (χ1) is 12.4. The summed E-state index contributed by atoms with van der Waals surface area (Å²) in [6.45, 7) is 12.2. The number of hydrogen-bond donors (Lipinski definition) is 4. The molecule has 0 atom stereocenters. The van der Waals surface area contributed by atoms with E-state index in [4.69, 9.17) is 0 Å². The lowest BCUT2D eigenvalue weighted by molar-refractivity contribution is -0.121. The number of hydrogen-bond acceptors (Lipinski definition) is 3. The number of guanidine groups is 1. The smallest absolute Gasteiger partial charge is 0.251 e. The Bertz CT molecular complexity index is 691. The Balaban J connectivity index is 0.00000729. The molecule has 0 radical (unpaired) electrons. The van der Waals surface area contributed by atoms with Gasteiger partial charge in [0.2, 0.25) is 5.91 Å². The minimum atomic E-state index is -0.287. The minimum absolute atomic E-state index is 0. The van der Waals surface area contributed by atoms with E-state index >= 15 is 0 Å². The fourth-order valence-electron chi connectivity index (χ4n) is 2.27. The molecule has 0 bridgehead atoms. The van der Waals surface area contributed by atoms with E-state index in [1.807, 2.05) is 59.7 Å². The summed E-state index contributed by atoms with van der Waals surface area (Å²) in [5.74, 6) is 0.306. The van der Waals surface area contributed by atoms with Gasteiger partial charge in [-0.25, -0.2) is 0 Å². The van der Waals surface area contributed by atoms with Crippen LogP contribution in [0.2, 0.25) is 0 Å². The molecule has 0 heterocycles. The van der Waals surface area contributed by atoms with E-state index in [0.29, 0.717) is 18.1 Å². The van der Waals surface area contributed by atoms with Crippen molar-refractivity contribution in [3.63, 3.8) is 0 Å². The number of nitrogens with one attached hydrogen (secondary N) is 4. The van der Waals surface area contributed by atoms with Crippen molar-refractivity contribution in [2.45, 2.75) is 59.2 Å². The molecule has 0 aliphatic rings. The second-order valence-corrected chi connectivity index (χ2v) is 8.48. The molecule has 1 aromatic carbocycles. The summed E-state index contributed by atoms with van der Waals surface area (Å²) in [5.41, 5.74) is 0.990. The fraction of sp³-hybridized carbons (Fsp3) is 0.550. The predicted molar refractivity (Wildman–Crippen MR) is 125 cm³/mol. The molecule has 0 unspecified atom stereocenters. The fourth-order valence-corrected chi connectivity index (χ4v) is 2.27. The average molecular weight is 503 g/mol. The summed E-state index contributed by atoms with van der Waals surface area (Å²) in [5, 5.41) is 12.0. The van der Waals surface area contributed by atoms with Crippen LogP contribution in [-0.2, 0) is 11.3 Å². The van der Waals surface area contributed by atoms with Gasteiger partial charge in [0.25, 0.3) is 5.91 Å². The van der Waals surface area contributed by atoms with Crippen LogP contribution in [0, 0.1) is 0 Å². The van der Waals surface area contributed by atoms with Gasteiger partial charge in [0.1, 0.15) is 0 Å². The van der Waals surface area contributed by atoms with Gasteiger partial charge in [0.15, 0.2) is 5.96 Å². The first-order valence-corrected chi connectivity index (χ1v) is 9.06. The van der Waals surface area contributed by atoms with Gasteiger partial charge in [-0.1, -0.05) is 12.1 Å². The van der Waals surface area contributed by atoms with Gasteiger partial charge in [0, 0.05) is 30.2 Å². The van der Waals surface area contributed by atoms with Crippen LogP contribution in [0.4, 0.5) is 0 Å². The number of benzene rings is 1. The van der Waals surface area contributed by atoms with E-state index in [2.05, 4.69) is 26.3 Å². The van der Waals surface area contributed by atoms with E-state index in [0.717, 1.165) is 5.56 Å². The molecular weight excluding hydrogens is 469 g/mol. The van der Waals surface area contributed by atoms with Gasteiger partial charge >= 0.3 is 0 Å². The first-order valence-electron chi connectivity index (χ1n) is 9.06. The van der Waals surface area contributed by atoms with Crippen LogP contribution in [0.1, 0.15) is 57.5 Å². The summed E-state index contributed by atoms with van der Waals surface area (Å²) in [6.07, 6.45) is 0. The minimum Gasteiger partial charge on any atom is -0.352 e. The van der Waals surface area contributed by atoms with Crippen LogP contribution in [0.3, 0.4) is 0 Å². The average Bonchev–Trinajstić information content (AvgIpc) is 2.52. The van der Waals surface area contributed by atoms with Crippen LogP contribution in [0.25, 0.3) is 0 Å². The molecule has 0 aromatic heterocycles. The SMILES string of the molecule is CN=C(NCC(=O)NC(C)(C)C)NCc1cccc(C(=O)NC(C)(C)C)c1.I. The lowest BCUT2D eigenvalue weighted by Gasteiger charge is -2.21. The number of carbonyl (C=O) groups excluding carboxylic acids is 2. The van der Waals surface area contributed by atoms with Gasteiger partial charge in [0.05, 0.1) is 6.54 Å². The van der Waals surface area contributed by atoms with Crippen LogP contribution in [-0.4, -0.2) is 42.4 Å². The maximum Gasteiger partial charge on any atom is 0.251 e. The third kappa shape index (κ3) is 11.1. The Morgan fingerprint density at radius 1 is 0.964 bits per heavy atom. The van der Waals surface area contributed by atoms with Gasteiger partial charge in [-0.15, -0.1) is 24.0 Å². The topological polar surface area (TPSA) is 94.6 Å². The summed E-state index contributed by atoms with van der Waals surface area (Å²) >= 11 is 0. The van der Waals surface area contributed by atoms with Gasteiger partial charge in [-0.05, 0) is 59.2 Å². The van der Waals surface area contributed by atoms with E-state index < -0.39 is 0 Å². The number of nitrogens with zero attached hydrogens (tertiary/aromatic N) is 1. The van der Waals surface area contributed by atoms with Crippen molar-refractivity contribution in [2.24, 2.45) is 4.99 Å². The van der Waals surface area contributed by atoms with Gasteiger partial charge < -0.3 is 21.3 Å². The Morgan fingerprint density at radius 3 is 2.11 bits per heavy atom. The zero-order valence-electron chi connectivity index (χ0n) is 17.9. The van der Waals surface area contributed by atoms with Gasteiger partial charge in [-0.2, -0.15) is 0 Å². The zero-order valence-corrected chi connectivity index (χ0v) is 20.2. The molecule has 28 heavy (non-hydrogen) atoms. The monoisotopic (exact) mass is 503 g/mol. The molecule has 4 N–H and O–H groups in total. The Morgan fingerprint density at radius 2 is 1.57 bits per heavy atom. The Kier molecular flexibility index (Phi) is 10.5. The highest BCUT2D eigenvalue weighted by Gasteiger charge is 2.16. The van der Waals surface area contributed by atoms with E-state index in [1.165, 1.54) is 0 Å². The van der Waals surface area contributed by atoms with Crippen molar-refractivity contribution in [1.29, 1.82) is 0 Å². The van der Waals surface area contributed by atoms with Crippen molar-refractivity contribution in [3.05, 3.63) is 35.4 Å². The summed E-state index contributed by atoms with van der Waals surface area (Å²) in [4.78, 5) is 28.3. The largest absolute Gasteiger partial charge is 0.352 e. The second-order valence-electron chi connectivity index (χ2n) is 8.48. The van der Waals surface area contributed by atoms with Crippen molar-refractivity contribution < 1.29 is 9.59 Å². The number of rotatable bonds is 5. The van der Waals surface area contributed by atoms with Crippen LogP contribution in [0.15, 0.2) is 29.3 Å². The Labute approximate surface area is 185 Å². The maximum atomic E-state index is 12.3. The lowest BCUT2D eigenvalue weighted by Crippen LogP contribution is -2.48. The summed E-state index contributed by atoms with van der Waals surface area (Å²) < 4.78 is 0. The van der Waals surface area contributed by atoms with E-state index in [1.54, 1.807) is 13.1 Å². The van der Waals surface area contributed by atoms with Crippen LogP contribution in [0.5, 0.6) is 0 Å². The lowest BCUT2D eigenvalue weighted by atomic mass is 10.1. The van der Waals surface area contributed by atoms with E-state index in [9.17, 15) is 9.59 Å². The van der Waals surface area contributed by atoms with Gasteiger partial charge in [-0.3, -0.25) is 14.6 Å². The summed E-state index contributed by atoms with van der Waals surface area (Å²) in [6, 6.07) is 7.41. The molecular formula is C20H34IN5O2. The van der Waals surface area contributed by atoms with E-state index in [-0.39, 0.29) is 53.4 Å². The van der Waals surface area contributed by atoms with Crippen molar-refractivity contribution in [2.75, 3.05) is 13.6 Å². The predicted octanol–water partition coefficient (Wildman–Crippen LogP) is 2.41. The molecule has 0 saturated heterocycles. The van der Waals surface area contributed by atoms with Crippen LogP contribution >= 0.6 is 24.0 Å². The molecule has 0 aliphatic carbocycles. The second kappa shape index (κ2) is 11.2. The highest BCUT2D eigenvalue weighted by molar-refractivity contribution is 14.0. The quantitative estimate of drug-likeness (QED) is 0.282. The molecule has 0 spiro atoms. The molecule has 2 amide bonds. The molecule has 1 rings (SSSR count). The third-order valence-electron chi connectivity index (χ3n) is 3.29. The zero-order chi connectivity index (χ0) is 20.7. The normalized spacial score (nSPS) is 11.9. The first kappa shape index (κ1) is 26.2.